The van der Waals surface area contributed by atoms with E-state index in [2.05, 4.69) is 0 Å². The summed E-state index contributed by atoms with van der Waals surface area (Å²) >= 11 is 0. The van der Waals surface area contributed by atoms with Crippen LogP contribution < -0.4 is 4.74 Å². The van der Waals surface area contributed by atoms with Gasteiger partial charge in [0, 0.05) is 12.1 Å². The molecule has 108 valence electrons. The maximum atomic E-state index is 13.1. The van der Waals surface area contributed by atoms with E-state index in [4.69, 9.17) is 4.74 Å². The molecule has 6 heteroatoms. The molecule has 2 aromatic carbocycles. The molecule has 0 unspecified atom stereocenters. The summed E-state index contributed by atoms with van der Waals surface area (Å²) in [5, 5.41) is 10.8. The Bertz CT molecular complexity index is 683. The Morgan fingerprint density at radius 2 is 1.90 bits per heavy atom. The van der Waals surface area contributed by atoms with E-state index < -0.39 is 28.1 Å². The van der Waals surface area contributed by atoms with E-state index in [0.717, 1.165) is 30.2 Å². The van der Waals surface area contributed by atoms with Gasteiger partial charge in [0.2, 0.25) is 5.75 Å². The topological polar surface area (TPSA) is 69.4 Å². The number of benzene rings is 2. The lowest BCUT2D eigenvalue weighted by Gasteiger charge is -2.05. The van der Waals surface area contributed by atoms with Crippen LogP contribution in [0.5, 0.6) is 5.75 Å². The fourth-order valence-electron chi connectivity index (χ4n) is 1.76. The maximum absolute atomic E-state index is 13.1. The second kappa shape index (κ2) is 6.13. The van der Waals surface area contributed by atoms with Gasteiger partial charge in [-0.2, -0.15) is 0 Å². The molecular formula is C15H12FNO4. The average molecular weight is 289 g/mol. The van der Waals surface area contributed by atoms with Crippen LogP contribution in [0.1, 0.15) is 22.8 Å². The Hall–Kier alpha value is -2.76. The zero-order valence-corrected chi connectivity index (χ0v) is 11.2. The number of hydrogen-bond donors (Lipinski definition) is 0. The fourth-order valence-corrected chi connectivity index (χ4v) is 1.76. The van der Waals surface area contributed by atoms with Crippen molar-refractivity contribution in [3.8, 4) is 5.75 Å². The minimum atomic E-state index is -0.772. The molecule has 0 saturated carbocycles. The molecule has 0 aliphatic heterocycles. The summed E-state index contributed by atoms with van der Waals surface area (Å²) in [7, 11) is 0. The van der Waals surface area contributed by atoms with Gasteiger partial charge in [-0.15, -0.1) is 0 Å². The second-order valence-corrected chi connectivity index (χ2v) is 4.31. The van der Waals surface area contributed by atoms with Crippen molar-refractivity contribution >= 4 is 11.7 Å². The first-order valence-electron chi connectivity index (χ1n) is 6.26. The second-order valence-electron chi connectivity index (χ2n) is 4.31. The first kappa shape index (κ1) is 14.6. The molecule has 0 saturated heterocycles. The molecule has 0 bridgehead atoms. The number of nitrogens with zero attached hydrogens (tertiary/aromatic N) is 1. The highest BCUT2D eigenvalue weighted by Crippen LogP contribution is 2.28. The summed E-state index contributed by atoms with van der Waals surface area (Å²) in [6, 6.07) is 9.35. The molecule has 0 radical (unpaired) electrons. The van der Waals surface area contributed by atoms with Crippen molar-refractivity contribution in [2.45, 2.75) is 13.3 Å². The van der Waals surface area contributed by atoms with Crippen LogP contribution >= 0.6 is 0 Å². The third kappa shape index (κ3) is 3.42. The van der Waals surface area contributed by atoms with Gasteiger partial charge in [0.15, 0.2) is 0 Å². The van der Waals surface area contributed by atoms with Crippen LogP contribution in [-0.4, -0.2) is 10.9 Å². The quantitative estimate of drug-likeness (QED) is 0.374. The van der Waals surface area contributed by atoms with E-state index in [1.165, 1.54) is 0 Å². The first-order valence-corrected chi connectivity index (χ1v) is 6.26. The smallest absolute Gasteiger partial charge is 0.343 e. The van der Waals surface area contributed by atoms with E-state index in [1.807, 2.05) is 6.92 Å². The molecule has 0 N–H and O–H groups in total. The largest absolute Gasteiger partial charge is 0.415 e. The zero-order valence-electron chi connectivity index (χ0n) is 11.2. The molecule has 0 atom stereocenters. The Balaban J connectivity index is 2.26. The van der Waals surface area contributed by atoms with E-state index in [1.54, 1.807) is 24.3 Å². The van der Waals surface area contributed by atoms with Crippen molar-refractivity contribution in [3.63, 3.8) is 0 Å². The van der Waals surface area contributed by atoms with E-state index in [0.29, 0.717) is 0 Å². The molecule has 5 nitrogen and oxygen atoms in total. The van der Waals surface area contributed by atoms with Gasteiger partial charge >= 0.3 is 11.7 Å². The van der Waals surface area contributed by atoms with E-state index in [-0.39, 0.29) is 5.56 Å². The number of hydrogen-bond acceptors (Lipinski definition) is 4. The average Bonchev–Trinajstić information content (AvgIpc) is 2.47. The third-order valence-corrected chi connectivity index (χ3v) is 2.92. The molecule has 21 heavy (non-hydrogen) atoms. The Kier molecular flexibility index (Phi) is 4.27. The fraction of sp³-hybridized carbons (Fsp3) is 0.133. The summed E-state index contributed by atoms with van der Waals surface area (Å²) in [6.07, 6.45) is 0.824. The van der Waals surface area contributed by atoms with Crippen LogP contribution in [0.2, 0.25) is 0 Å². The van der Waals surface area contributed by atoms with Crippen LogP contribution in [0.4, 0.5) is 10.1 Å². The molecule has 0 heterocycles. The number of rotatable bonds is 4. The lowest BCUT2D eigenvalue weighted by molar-refractivity contribution is -0.385. The number of halogens is 1. The molecule has 0 fully saturated rings. The van der Waals surface area contributed by atoms with E-state index in [9.17, 15) is 19.3 Å². The molecule has 2 aromatic rings. The summed E-state index contributed by atoms with van der Waals surface area (Å²) in [5.74, 6) is -1.90. The summed E-state index contributed by atoms with van der Waals surface area (Å²) in [5.41, 5.74) is 0.823. The van der Waals surface area contributed by atoms with Gasteiger partial charge in [0.1, 0.15) is 5.82 Å². The molecule has 2 rings (SSSR count). The van der Waals surface area contributed by atoms with Crippen LogP contribution in [0.15, 0.2) is 42.5 Å². The first-order chi connectivity index (χ1) is 10.0. The summed E-state index contributed by atoms with van der Waals surface area (Å²) in [4.78, 5) is 22.0. The lowest BCUT2D eigenvalue weighted by atomic mass is 10.1. The number of nitro benzene ring substituents is 1. The Morgan fingerprint density at radius 3 is 2.48 bits per heavy atom. The maximum Gasteiger partial charge on any atom is 0.343 e. The number of esters is 1. The third-order valence-electron chi connectivity index (χ3n) is 2.92. The molecule has 0 amide bonds. The van der Waals surface area contributed by atoms with Crippen molar-refractivity contribution in [2.75, 3.05) is 0 Å². The SMILES string of the molecule is CCc1ccc(C(=O)Oc2cc(F)ccc2[N+](=O)[O-])cc1. The number of aryl methyl sites for hydroxylation is 1. The summed E-state index contributed by atoms with van der Waals surface area (Å²) in [6.45, 7) is 1.98. The van der Waals surface area contributed by atoms with Gasteiger partial charge in [-0.3, -0.25) is 10.1 Å². The van der Waals surface area contributed by atoms with E-state index >= 15 is 0 Å². The van der Waals surface area contributed by atoms with Crippen LogP contribution in [0.25, 0.3) is 0 Å². The highest BCUT2D eigenvalue weighted by Gasteiger charge is 2.19. The van der Waals surface area contributed by atoms with Crippen LogP contribution in [0.3, 0.4) is 0 Å². The highest BCUT2D eigenvalue weighted by atomic mass is 19.1. The van der Waals surface area contributed by atoms with Crippen LogP contribution in [0, 0.1) is 15.9 Å². The number of nitro groups is 1. The summed E-state index contributed by atoms with van der Waals surface area (Å²) < 4.78 is 18.1. The molecule has 0 aromatic heterocycles. The minimum Gasteiger partial charge on any atom is -0.415 e. The Labute approximate surface area is 120 Å². The molecule has 0 spiro atoms. The van der Waals surface area contributed by atoms with Gasteiger partial charge < -0.3 is 4.74 Å². The zero-order chi connectivity index (χ0) is 15.4. The predicted molar refractivity (Wildman–Crippen MR) is 73.8 cm³/mol. The van der Waals surface area contributed by atoms with Gasteiger partial charge in [-0.1, -0.05) is 19.1 Å². The van der Waals surface area contributed by atoms with Crippen LogP contribution in [-0.2, 0) is 6.42 Å². The van der Waals surface area contributed by atoms with Crippen molar-refractivity contribution in [3.05, 3.63) is 69.5 Å². The van der Waals surface area contributed by atoms with Gasteiger partial charge in [0.05, 0.1) is 10.5 Å². The van der Waals surface area contributed by atoms with Crippen molar-refractivity contribution in [1.29, 1.82) is 0 Å². The minimum absolute atomic E-state index is 0.241. The molecule has 0 aliphatic carbocycles. The standard InChI is InChI=1S/C15H12FNO4/c1-2-10-3-5-11(6-4-10)15(18)21-14-9-12(16)7-8-13(14)17(19)20/h3-9H,2H2,1H3. The lowest BCUT2D eigenvalue weighted by Crippen LogP contribution is -2.10. The highest BCUT2D eigenvalue weighted by molar-refractivity contribution is 5.91. The number of carbonyl (C=O) groups is 1. The molecule has 0 aliphatic rings. The monoisotopic (exact) mass is 289 g/mol. The van der Waals surface area contributed by atoms with Gasteiger partial charge in [-0.25, -0.2) is 9.18 Å². The van der Waals surface area contributed by atoms with Crippen molar-refractivity contribution in [1.82, 2.24) is 0 Å². The van der Waals surface area contributed by atoms with Crippen molar-refractivity contribution in [2.24, 2.45) is 0 Å². The Morgan fingerprint density at radius 1 is 1.24 bits per heavy atom. The molecular weight excluding hydrogens is 277 g/mol. The van der Waals surface area contributed by atoms with Gasteiger partial charge in [-0.05, 0) is 30.2 Å². The van der Waals surface area contributed by atoms with Crippen molar-refractivity contribution < 1.29 is 18.8 Å². The number of carbonyl (C=O) groups excluding carboxylic acids is 1. The van der Waals surface area contributed by atoms with Gasteiger partial charge in [0.25, 0.3) is 0 Å². The predicted octanol–water partition coefficient (Wildman–Crippen LogP) is 3.52. The normalized spacial score (nSPS) is 10.2. The number of ether oxygens (including phenoxy) is 1.